The third kappa shape index (κ3) is 3.21. The lowest BCUT2D eigenvalue weighted by atomic mass is 10.1. The van der Waals surface area contributed by atoms with Crippen LogP contribution >= 0.6 is 0 Å². The maximum Gasteiger partial charge on any atom is 0.326 e. The minimum atomic E-state index is -4.29. The zero-order valence-electron chi connectivity index (χ0n) is 12.3. The fourth-order valence-corrected chi connectivity index (χ4v) is 3.18. The van der Waals surface area contributed by atoms with E-state index in [0.29, 0.717) is 10.9 Å². The van der Waals surface area contributed by atoms with Crippen molar-refractivity contribution in [2.45, 2.75) is 6.92 Å². The Morgan fingerprint density at radius 2 is 2.13 bits per heavy atom. The number of rotatable bonds is 5. The van der Waals surface area contributed by atoms with Crippen LogP contribution in [0, 0.1) is 11.6 Å². The van der Waals surface area contributed by atoms with Crippen molar-refractivity contribution in [2.24, 2.45) is 0 Å². The predicted molar refractivity (Wildman–Crippen MR) is 78.0 cm³/mol. The Kier molecular flexibility index (Phi) is 4.73. The van der Waals surface area contributed by atoms with Gasteiger partial charge in [0.25, 0.3) is 5.91 Å². The molecule has 126 valence electrons. The fourth-order valence-electron chi connectivity index (χ4n) is 2.02. The van der Waals surface area contributed by atoms with Gasteiger partial charge in [0.1, 0.15) is 12.2 Å². The Morgan fingerprint density at radius 1 is 1.43 bits per heavy atom. The van der Waals surface area contributed by atoms with Gasteiger partial charge in [0, 0.05) is 5.56 Å². The molecule has 0 radical (unpaired) electrons. The van der Waals surface area contributed by atoms with Crippen LogP contribution in [0.25, 0.3) is 6.08 Å². The summed E-state index contributed by atoms with van der Waals surface area (Å²) in [6.45, 7) is 1.39. The molecule has 0 atom stereocenters. The van der Waals surface area contributed by atoms with Gasteiger partial charge < -0.3 is 9.47 Å². The zero-order chi connectivity index (χ0) is 17.2. The maximum atomic E-state index is 14.4. The van der Waals surface area contributed by atoms with Gasteiger partial charge >= 0.3 is 10.2 Å². The van der Waals surface area contributed by atoms with Crippen molar-refractivity contribution < 1.29 is 31.5 Å². The van der Waals surface area contributed by atoms with E-state index in [2.05, 4.69) is 0 Å². The summed E-state index contributed by atoms with van der Waals surface area (Å²) in [6, 6.07) is 0.793. The number of carbonyl (C=O) groups excluding carboxylic acids is 1. The topological polar surface area (TPSA) is 84.9 Å². The van der Waals surface area contributed by atoms with Crippen LogP contribution in [0.15, 0.2) is 12.3 Å². The molecule has 0 spiro atoms. The molecule has 0 aliphatic carbocycles. The Morgan fingerprint density at radius 3 is 2.65 bits per heavy atom. The van der Waals surface area contributed by atoms with E-state index in [4.69, 9.17) is 9.47 Å². The number of ether oxygens (including phenoxy) is 2. The highest BCUT2D eigenvalue weighted by Crippen LogP contribution is 2.38. The van der Waals surface area contributed by atoms with Crippen LogP contribution in [-0.4, -0.2) is 34.6 Å². The first-order chi connectivity index (χ1) is 10.8. The van der Waals surface area contributed by atoms with Gasteiger partial charge in [-0.3, -0.25) is 4.79 Å². The standard InChI is InChI=1S/C13H14F2N2O5S/c1-3-22-5-4-8-6-9(14)12(13(21-2)11(8)15)17-7-10(18)16-23(17,19)20/h4-6H,3,7H2,1-2H3,(H,16,18). The highest BCUT2D eigenvalue weighted by Gasteiger charge is 2.38. The molecule has 1 aromatic rings. The minimum Gasteiger partial charge on any atom is -0.501 e. The van der Waals surface area contributed by atoms with Crippen LogP contribution in [0.1, 0.15) is 12.5 Å². The van der Waals surface area contributed by atoms with E-state index >= 15 is 0 Å². The first-order valence-electron chi connectivity index (χ1n) is 6.49. The van der Waals surface area contributed by atoms with Gasteiger partial charge in [-0.2, -0.15) is 8.42 Å². The molecule has 1 aliphatic rings. The average molecular weight is 348 g/mol. The molecule has 0 aromatic heterocycles. The molecule has 0 bridgehead atoms. The second kappa shape index (κ2) is 6.41. The van der Waals surface area contributed by atoms with Gasteiger partial charge in [0.05, 0.1) is 20.0 Å². The number of anilines is 1. The average Bonchev–Trinajstić information content (AvgIpc) is 2.74. The summed E-state index contributed by atoms with van der Waals surface area (Å²) in [5.74, 6) is -3.51. The zero-order valence-corrected chi connectivity index (χ0v) is 13.1. The van der Waals surface area contributed by atoms with Crippen molar-refractivity contribution in [3.05, 3.63) is 29.5 Å². The quantitative estimate of drug-likeness (QED) is 0.807. The van der Waals surface area contributed by atoms with Crippen LogP contribution in [0.5, 0.6) is 5.75 Å². The summed E-state index contributed by atoms with van der Waals surface area (Å²) in [5, 5.41) is 0. The molecule has 0 unspecified atom stereocenters. The lowest BCUT2D eigenvalue weighted by Gasteiger charge is -2.19. The Hall–Kier alpha value is -2.36. The lowest BCUT2D eigenvalue weighted by Crippen LogP contribution is -2.30. The van der Waals surface area contributed by atoms with Crippen molar-refractivity contribution in [1.82, 2.24) is 4.72 Å². The largest absolute Gasteiger partial charge is 0.501 e. The number of carbonyl (C=O) groups is 1. The molecule has 2 rings (SSSR count). The highest BCUT2D eigenvalue weighted by atomic mass is 32.2. The molecule has 1 heterocycles. The summed E-state index contributed by atoms with van der Waals surface area (Å²) < 4.78 is 64.2. The van der Waals surface area contributed by atoms with Crippen molar-refractivity contribution in [3.63, 3.8) is 0 Å². The Bertz CT molecular complexity index is 764. The minimum absolute atomic E-state index is 0.188. The van der Waals surface area contributed by atoms with E-state index in [-0.39, 0.29) is 5.56 Å². The first kappa shape index (κ1) is 17.0. The van der Waals surface area contributed by atoms with Crippen LogP contribution in [0.4, 0.5) is 14.5 Å². The Balaban J connectivity index is 2.58. The van der Waals surface area contributed by atoms with E-state index in [1.165, 1.54) is 12.3 Å². The number of hydrogen-bond donors (Lipinski definition) is 1. The monoisotopic (exact) mass is 348 g/mol. The molecular formula is C13H14F2N2O5S. The van der Waals surface area contributed by atoms with Crippen molar-refractivity contribution in [2.75, 3.05) is 24.6 Å². The van der Waals surface area contributed by atoms with Gasteiger partial charge in [0.2, 0.25) is 0 Å². The number of halogens is 2. The second-order valence-electron chi connectivity index (χ2n) is 4.44. The lowest BCUT2D eigenvalue weighted by molar-refractivity contribution is -0.117. The van der Waals surface area contributed by atoms with Crippen molar-refractivity contribution in [1.29, 1.82) is 0 Å². The van der Waals surface area contributed by atoms with Gasteiger partial charge in [-0.1, -0.05) is 0 Å². The van der Waals surface area contributed by atoms with E-state index in [0.717, 1.165) is 13.2 Å². The second-order valence-corrected chi connectivity index (χ2v) is 6.03. The molecule has 1 aliphatic heterocycles. The van der Waals surface area contributed by atoms with E-state index in [1.54, 1.807) is 11.6 Å². The summed E-state index contributed by atoms with van der Waals surface area (Å²) in [7, 11) is -3.23. The molecule has 0 saturated carbocycles. The molecule has 1 N–H and O–H groups in total. The van der Waals surface area contributed by atoms with Crippen LogP contribution in [-0.2, 0) is 19.7 Å². The molecular weight excluding hydrogens is 334 g/mol. The third-order valence-electron chi connectivity index (χ3n) is 2.96. The van der Waals surface area contributed by atoms with E-state index in [1.807, 2.05) is 0 Å². The number of nitrogens with zero attached hydrogens (tertiary/aromatic N) is 1. The highest BCUT2D eigenvalue weighted by molar-refractivity contribution is 7.92. The molecule has 10 heteroatoms. The van der Waals surface area contributed by atoms with Gasteiger partial charge in [-0.15, -0.1) is 0 Å². The van der Waals surface area contributed by atoms with Crippen molar-refractivity contribution in [3.8, 4) is 5.75 Å². The van der Waals surface area contributed by atoms with Crippen LogP contribution in [0.3, 0.4) is 0 Å². The molecule has 7 nitrogen and oxygen atoms in total. The molecule has 1 saturated heterocycles. The molecule has 1 aromatic carbocycles. The SMILES string of the molecule is CCOC=Cc1cc(F)c(N2CC(=O)NS2(=O)=O)c(OC)c1F. The molecule has 1 amide bonds. The smallest absolute Gasteiger partial charge is 0.326 e. The van der Waals surface area contributed by atoms with Gasteiger partial charge in [-0.25, -0.2) is 17.8 Å². The number of benzene rings is 1. The fraction of sp³-hybridized carbons (Fsp3) is 0.308. The Labute approximate surface area is 131 Å². The normalized spacial score (nSPS) is 16.7. The first-order valence-corrected chi connectivity index (χ1v) is 7.93. The third-order valence-corrected chi connectivity index (χ3v) is 4.34. The maximum absolute atomic E-state index is 14.4. The number of methoxy groups -OCH3 is 1. The van der Waals surface area contributed by atoms with Crippen molar-refractivity contribution >= 4 is 27.9 Å². The number of hydrogen-bond acceptors (Lipinski definition) is 5. The number of amides is 1. The van der Waals surface area contributed by atoms with Crippen LogP contribution < -0.4 is 13.8 Å². The van der Waals surface area contributed by atoms with E-state index < -0.39 is 45.7 Å². The summed E-state index contributed by atoms with van der Waals surface area (Å²) >= 11 is 0. The van der Waals surface area contributed by atoms with Crippen LogP contribution in [0.2, 0.25) is 0 Å². The predicted octanol–water partition coefficient (Wildman–Crippen LogP) is 1.16. The molecule has 1 fully saturated rings. The summed E-state index contributed by atoms with van der Waals surface area (Å²) in [6.07, 6.45) is 2.35. The summed E-state index contributed by atoms with van der Waals surface area (Å²) in [5.41, 5.74) is -0.857. The van der Waals surface area contributed by atoms with Gasteiger partial charge in [-0.05, 0) is 19.1 Å². The summed E-state index contributed by atoms with van der Waals surface area (Å²) in [4.78, 5) is 11.3. The number of nitrogens with one attached hydrogen (secondary N) is 1. The molecule has 23 heavy (non-hydrogen) atoms. The van der Waals surface area contributed by atoms with Gasteiger partial charge in [0.15, 0.2) is 17.4 Å². The van der Waals surface area contributed by atoms with E-state index in [9.17, 15) is 22.0 Å².